The SMILES string of the molecule is CCN(CC)S(=O)(=O)c1cccc(C(=O)NCCCNC(=O)c2cccc(O)c2)c1. The predicted molar refractivity (Wildman–Crippen MR) is 114 cm³/mol. The summed E-state index contributed by atoms with van der Waals surface area (Å²) in [7, 11) is -3.64. The first-order chi connectivity index (χ1) is 14.3. The van der Waals surface area contributed by atoms with Gasteiger partial charge in [-0.3, -0.25) is 9.59 Å². The fraction of sp³-hybridized carbons (Fsp3) is 0.333. The molecule has 2 rings (SSSR count). The second-order valence-electron chi connectivity index (χ2n) is 6.53. The van der Waals surface area contributed by atoms with E-state index in [1.807, 2.05) is 0 Å². The zero-order valence-corrected chi connectivity index (χ0v) is 17.9. The van der Waals surface area contributed by atoms with E-state index in [9.17, 15) is 23.1 Å². The smallest absolute Gasteiger partial charge is 0.251 e. The number of aromatic hydroxyl groups is 1. The van der Waals surface area contributed by atoms with Crippen molar-refractivity contribution in [3.63, 3.8) is 0 Å². The summed E-state index contributed by atoms with van der Waals surface area (Å²) >= 11 is 0. The van der Waals surface area contributed by atoms with Crippen molar-refractivity contribution in [2.45, 2.75) is 25.2 Å². The van der Waals surface area contributed by atoms with Crippen LogP contribution in [0.15, 0.2) is 53.4 Å². The maximum Gasteiger partial charge on any atom is 0.251 e. The summed E-state index contributed by atoms with van der Waals surface area (Å²) in [4.78, 5) is 24.4. The summed E-state index contributed by atoms with van der Waals surface area (Å²) in [5.74, 6) is -0.683. The molecule has 3 N–H and O–H groups in total. The molecular weight excluding hydrogens is 406 g/mol. The van der Waals surface area contributed by atoms with Crippen LogP contribution in [0.2, 0.25) is 0 Å². The number of carbonyl (C=O) groups is 2. The van der Waals surface area contributed by atoms with E-state index < -0.39 is 10.0 Å². The molecule has 2 amide bonds. The molecule has 0 radical (unpaired) electrons. The Bertz CT molecular complexity index is 988. The fourth-order valence-electron chi connectivity index (χ4n) is 2.85. The number of amides is 2. The van der Waals surface area contributed by atoms with E-state index in [2.05, 4.69) is 10.6 Å². The number of nitrogens with one attached hydrogen (secondary N) is 2. The molecule has 0 aliphatic carbocycles. The molecule has 0 saturated heterocycles. The van der Waals surface area contributed by atoms with E-state index in [1.54, 1.807) is 38.1 Å². The Morgan fingerprint density at radius 2 is 1.43 bits per heavy atom. The van der Waals surface area contributed by atoms with E-state index in [-0.39, 0.29) is 28.0 Å². The molecule has 0 fully saturated rings. The minimum Gasteiger partial charge on any atom is -0.508 e. The van der Waals surface area contributed by atoms with Crippen LogP contribution in [0.3, 0.4) is 0 Å². The number of rotatable bonds is 10. The monoisotopic (exact) mass is 433 g/mol. The van der Waals surface area contributed by atoms with Crippen LogP contribution < -0.4 is 10.6 Å². The second-order valence-corrected chi connectivity index (χ2v) is 8.47. The maximum absolute atomic E-state index is 12.6. The number of carbonyl (C=O) groups excluding carboxylic acids is 2. The Kier molecular flexibility index (Phi) is 8.37. The van der Waals surface area contributed by atoms with Gasteiger partial charge in [-0.15, -0.1) is 0 Å². The lowest BCUT2D eigenvalue weighted by atomic mass is 10.2. The first-order valence-electron chi connectivity index (χ1n) is 9.75. The van der Waals surface area contributed by atoms with Gasteiger partial charge in [0.2, 0.25) is 10.0 Å². The van der Waals surface area contributed by atoms with Crippen LogP contribution in [0.25, 0.3) is 0 Å². The fourth-order valence-corrected chi connectivity index (χ4v) is 4.36. The van der Waals surface area contributed by atoms with Crippen molar-refractivity contribution >= 4 is 21.8 Å². The Labute approximate surface area is 177 Å². The zero-order valence-electron chi connectivity index (χ0n) is 17.1. The first-order valence-corrected chi connectivity index (χ1v) is 11.2. The third kappa shape index (κ3) is 6.04. The molecule has 0 saturated carbocycles. The van der Waals surface area contributed by atoms with E-state index in [1.165, 1.54) is 28.6 Å². The maximum atomic E-state index is 12.6. The number of nitrogens with zero attached hydrogens (tertiary/aromatic N) is 1. The normalized spacial score (nSPS) is 11.3. The molecule has 0 bridgehead atoms. The van der Waals surface area contributed by atoms with Gasteiger partial charge in [0.15, 0.2) is 0 Å². The van der Waals surface area contributed by atoms with Crippen LogP contribution in [0.4, 0.5) is 0 Å². The third-order valence-electron chi connectivity index (χ3n) is 4.47. The second kappa shape index (κ2) is 10.7. The summed E-state index contributed by atoms with van der Waals surface area (Å²) < 4.78 is 26.5. The van der Waals surface area contributed by atoms with Crippen molar-refractivity contribution in [1.29, 1.82) is 0 Å². The molecule has 2 aromatic carbocycles. The van der Waals surface area contributed by atoms with Crippen molar-refractivity contribution in [3.8, 4) is 5.75 Å². The highest BCUT2D eigenvalue weighted by atomic mass is 32.2. The van der Waals surface area contributed by atoms with E-state index >= 15 is 0 Å². The van der Waals surface area contributed by atoms with Gasteiger partial charge in [-0.2, -0.15) is 4.31 Å². The summed E-state index contributed by atoms with van der Waals surface area (Å²) in [5, 5.41) is 14.8. The number of benzene rings is 2. The summed E-state index contributed by atoms with van der Waals surface area (Å²) in [6.07, 6.45) is 0.494. The Hall–Kier alpha value is -2.91. The van der Waals surface area contributed by atoms with Gasteiger partial charge in [-0.1, -0.05) is 26.0 Å². The standard InChI is InChI=1S/C21H27N3O5S/c1-3-24(4-2)30(28,29)19-11-6-9-17(15-19)21(27)23-13-7-12-22-20(26)16-8-5-10-18(25)14-16/h5-6,8-11,14-15,25H,3-4,7,12-13H2,1-2H3,(H,22,26)(H,23,27). The minimum absolute atomic E-state index is 0.0140. The molecule has 0 spiro atoms. The average molecular weight is 434 g/mol. The lowest BCUT2D eigenvalue weighted by molar-refractivity contribution is 0.0951. The zero-order chi connectivity index (χ0) is 22.1. The highest BCUT2D eigenvalue weighted by Gasteiger charge is 2.22. The van der Waals surface area contributed by atoms with Crippen LogP contribution in [-0.2, 0) is 10.0 Å². The van der Waals surface area contributed by atoms with Crippen molar-refractivity contribution in [3.05, 3.63) is 59.7 Å². The number of hydrogen-bond acceptors (Lipinski definition) is 5. The van der Waals surface area contributed by atoms with Crippen LogP contribution in [0.1, 0.15) is 41.0 Å². The molecule has 162 valence electrons. The van der Waals surface area contributed by atoms with Gasteiger partial charge in [0, 0.05) is 37.3 Å². The van der Waals surface area contributed by atoms with Gasteiger partial charge in [0.25, 0.3) is 11.8 Å². The van der Waals surface area contributed by atoms with Crippen molar-refractivity contribution in [2.24, 2.45) is 0 Å². The van der Waals surface area contributed by atoms with E-state index in [0.717, 1.165) is 0 Å². The summed E-state index contributed by atoms with van der Waals surface area (Å²) in [6, 6.07) is 12.0. The van der Waals surface area contributed by atoms with Crippen LogP contribution in [-0.4, -0.2) is 55.8 Å². The van der Waals surface area contributed by atoms with Gasteiger partial charge < -0.3 is 15.7 Å². The minimum atomic E-state index is -3.64. The van der Waals surface area contributed by atoms with Gasteiger partial charge in [0.05, 0.1) is 4.90 Å². The van der Waals surface area contributed by atoms with Gasteiger partial charge in [-0.25, -0.2) is 8.42 Å². The highest BCUT2D eigenvalue weighted by Crippen LogP contribution is 2.17. The van der Waals surface area contributed by atoms with Gasteiger partial charge in [-0.05, 0) is 42.8 Å². The van der Waals surface area contributed by atoms with E-state index in [0.29, 0.717) is 38.2 Å². The largest absolute Gasteiger partial charge is 0.508 e. The first kappa shape index (κ1) is 23.4. The molecule has 9 heteroatoms. The van der Waals surface area contributed by atoms with Crippen molar-refractivity contribution in [2.75, 3.05) is 26.2 Å². The molecule has 0 atom stereocenters. The summed E-state index contributed by atoms with van der Waals surface area (Å²) in [5.41, 5.74) is 0.609. The average Bonchev–Trinajstić information content (AvgIpc) is 2.74. The van der Waals surface area contributed by atoms with Crippen molar-refractivity contribution in [1.82, 2.24) is 14.9 Å². The molecule has 0 aliphatic rings. The molecule has 0 aliphatic heterocycles. The highest BCUT2D eigenvalue weighted by molar-refractivity contribution is 7.89. The summed E-state index contributed by atoms with van der Waals surface area (Å²) in [6.45, 7) is 4.87. The van der Waals surface area contributed by atoms with Crippen molar-refractivity contribution < 1.29 is 23.1 Å². The number of phenolic OH excluding ortho intramolecular Hbond substituents is 1. The lowest BCUT2D eigenvalue weighted by Gasteiger charge is -2.18. The Morgan fingerprint density at radius 3 is 1.97 bits per heavy atom. The molecular formula is C21H27N3O5S. The van der Waals surface area contributed by atoms with Crippen LogP contribution >= 0.6 is 0 Å². The molecule has 0 heterocycles. The Balaban J connectivity index is 1.86. The molecule has 2 aromatic rings. The topological polar surface area (TPSA) is 116 Å². The number of phenols is 1. The third-order valence-corrected chi connectivity index (χ3v) is 6.52. The van der Waals surface area contributed by atoms with Gasteiger partial charge in [0.1, 0.15) is 5.75 Å². The lowest BCUT2D eigenvalue weighted by Crippen LogP contribution is -2.31. The van der Waals surface area contributed by atoms with E-state index in [4.69, 9.17) is 0 Å². The number of sulfonamides is 1. The molecule has 0 aromatic heterocycles. The van der Waals surface area contributed by atoms with Crippen LogP contribution in [0, 0.1) is 0 Å². The molecule has 0 unspecified atom stereocenters. The van der Waals surface area contributed by atoms with Crippen LogP contribution in [0.5, 0.6) is 5.75 Å². The Morgan fingerprint density at radius 1 is 0.900 bits per heavy atom. The molecule has 30 heavy (non-hydrogen) atoms. The number of hydrogen-bond donors (Lipinski definition) is 3. The quantitative estimate of drug-likeness (QED) is 0.496. The van der Waals surface area contributed by atoms with Gasteiger partial charge >= 0.3 is 0 Å². The predicted octanol–water partition coefficient (Wildman–Crippen LogP) is 1.97. The molecule has 8 nitrogen and oxygen atoms in total.